The van der Waals surface area contributed by atoms with Crippen molar-refractivity contribution >= 4 is 0 Å². The van der Waals surface area contributed by atoms with E-state index < -0.39 is 5.82 Å². The Bertz CT molecular complexity index is 352. The van der Waals surface area contributed by atoms with E-state index in [0.717, 1.165) is 25.8 Å². The summed E-state index contributed by atoms with van der Waals surface area (Å²) in [7, 11) is 0. The maximum Gasteiger partial charge on any atom is 0.165 e. The molecule has 0 fully saturated rings. The molecule has 0 aliphatic carbocycles. The van der Waals surface area contributed by atoms with Crippen LogP contribution in [0.2, 0.25) is 0 Å². The van der Waals surface area contributed by atoms with E-state index in [9.17, 15) is 9.50 Å². The van der Waals surface area contributed by atoms with Gasteiger partial charge in [-0.3, -0.25) is 0 Å². The van der Waals surface area contributed by atoms with E-state index in [0.29, 0.717) is 18.0 Å². The molecule has 0 aliphatic heterocycles. The van der Waals surface area contributed by atoms with Gasteiger partial charge in [-0.1, -0.05) is 25.5 Å². The third-order valence-corrected chi connectivity index (χ3v) is 3.05. The SMILES string of the molecule is CCCC(CCO)CNCc1cccc(F)c1O. The number of para-hydroxylation sites is 1. The van der Waals surface area contributed by atoms with Gasteiger partial charge < -0.3 is 15.5 Å². The third kappa shape index (κ3) is 4.63. The summed E-state index contributed by atoms with van der Waals surface area (Å²) in [5.41, 5.74) is 0.564. The van der Waals surface area contributed by atoms with Crippen molar-refractivity contribution in [2.45, 2.75) is 32.7 Å². The summed E-state index contributed by atoms with van der Waals surface area (Å²) in [6.07, 6.45) is 2.91. The van der Waals surface area contributed by atoms with Crippen LogP contribution in [-0.4, -0.2) is 23.4 Å². The molecule has 1 aromatic carbocycles. The average molecular weight is 255 g/mol. The molecule has 3 N–H and O–H groups in total. The topological polar surface area (TPSA) is 52.5 Å². The number of aliphatic hydroxyl groups is 1. The highest BCUT2D eigenvalue weighted by atomic mass is 19.1. The molecule has 0 saturated carbocycles. The van der Waals surface area contributed by atoms with Crippen molar-refractivity contribution < 1.29 is 14.6 Å². The lowest BCUT2D eigenvalue weighted by Gasteiger charge is -2.16. The molecule has 1 aromatic rings. The Balaban J connectivity index is 2.42. The van der Waals surface area contributed by atoms with Crippen LogP contribution in [-0.2, 0) is 6.54 Å². The van der Waals surface area contributed by atoms with Gasteiger partial charge in [-0.15, -0.1) is 0 Å². The molecule has 0 bridgehead atoms. The molecule has 0 aromatic heterocycles. The van der Waals surface area contributed by atoms with Gasteiger partial charge in [-0.25, -0.2) is 4.39 Å². The van der Waals surface area contributed by atoms with E-state index in [2.05, 4.69) is 12.2 Å². The molecule has 4 heteroatoms. The third-order valence-electron chi connectivity index (χ3n) is 3.05. The van der Waals surface area contributed by atoms with Crippen LogP contribution in [0, 0.1) is 11.7 Å². The molecule has 0 amide bonds. The van der Waals surface area contributed by atoms with Crippen molar-refractivity contribution in [3.8, 4) is 5.75 Å². The second-order valence-electron chi connectivity index (χ2n) is 4.55. The zero-order valence-corrected chi connectivity index (χ0v) is 10.8. The Labute approximate surface area is 108 Å². The van der Waals surface area contributed by atoms with Crippen LogP contribution in [0.1, 0.15) is 31.7 Å². The number of benzene rings is 1. The number of rotatable bonds is 8. The summed E-state index contributed by atoms with van der Waals surface area (Å²) < 4.78 is 13.1. The fourth-order valence-electron chi connectivity index (χ4n) is 2.05. The minimum atomic E-state index is -0.588. The summed E-state index contributed by atoms with van der Waals surface area (Å²) in [6, 6.07) is 4.53. The largest absolute Gasteiger partial charge is 0.505 e. The first kappa shape index (κ1) is 14.9. The van der Waals surface area contributed by atoms with Gasteiger partial charge in [0.05, 0.1) is 0 Å². The predicted octanol–water partition coefficient (Wildman–Crippen LogP) is 2.42. The van der Waals surface area contributed by atoms with Crippen LogP contribution in [0.5, 0.6) is 5.75 Å². The molecule has 0 aliphatic rings. The highest BCUT2D eigenvalue weighted by Gasteiger charge is 2.09. The Hall–Kier alpha value is -1.13. The number of hydrogen-bond acceptors (Lipinski definition) is 3. The van der Waals surface area contributed by atoms with E-state index in [-0.39, 0.29) is 12.4 Å². The molecular formula is C14H22FNO2. The van der Waals surface area contributed by atoms with E-state index in [1.165, 1.54) is 6.07 Å². The first-order chi connectivity index (χ1) is 8.69. The van der Waals surface area contributed by atoms with Gasteiger partial charge in [-0.05, 0) is 31.4 Å². The maximum absolute atomic E-state index is 13.1. The molecule has 0 radical (unpaired) electrons. The second-order valence-corrected chi connectivity index (χ2v) is 4.55. The molecular weight excluding hydrogens is 233 g/mol. The molecule has 3 nitrogen and oxygen atoms in total. The number of aliphatic hydroxyl groups excluding tert-OH is 1. The smallest absolute Gasteiger partial charge is 0.165 e. The Morgan fingerprint density at radius 2 is 2.11 bits per heavy atom. The van der Waals surface area contributed by atoms with Gasteiger partial charge in [0, 0.05) is 18.7 Å². The fraction of sp³-hybridized carbons (Fsp3) is 0.571. The van der Waals surface area contributed by atoms with Crippen LogP contribution in [0.15, 0.2) is 18.2 Å². The lowest BCUT2D eigenvalue weighted by Crippen LogP contribution is -2.23. The van der Waals surface area contributed by atoms with E-state index >= 15 is 0 Å². The number of phenolic OH excluding ortho intramolecular Hbond substituents is 1. The Kier molecular flexibility index (Phi) is 6.68. The van der Waals surface area contributed by atoms with Gasteiger partial charge in [-0.2, -0.15) is 0 Å². The number of nitrogens with one attached hydrogen (secondary N) is 1. The van der Waals surface area contributed by atoms with Crippen molar-refractivity contribution in [1.82, 2.24) is 5.32 Å². The van der Waals surface area contributed by atoms with E-state index in [1.54, 1.807) is 12.1 Å². The summed E-state index contributed by atoms with van der Waals surface area (Å²) >= 11 is 0. The van der Waals surface area contributed by atoms with Gasteiger partial charge in [0.25, 0.3) is 0 Å². The number of aromatic hydroxyl groups is 1. The lowest BCUT2D eigenvalue weighted by molar-refractivity contribution is 0.248. The number of phenols is 1. The standard InChI is InChI=1S/C14H22FNO2/c1-2-4-11(7-8-17)9-16-10-12-5-3-6-13(15)14(12)18/h3,5-6,11,16-18H,2,4,7-10H2,1H3. The van der Waals surface area contributed by atoms with Crippen LogP contribution >= 0.6 is 0 Å². The summed E-state index contributed by atoms with van der Waals surface area (Å²) in [4.78, 5) is 0. The molecule has 1 atom stereocenters. The molecule has 1 rings (SSSR count). The quantitative estimate of drug-likeness (QED) is 0.668. The molecule has 102 valence electrons. The normalized spacial score (nSPS) is 12.6. The van der Waals surface area contributed by atoms with Crippen molar-refractivity contribution in [1.29, 1.82) is 0 Å². The zero-order valence-electron chi connectivity index (χ0n) is 10.8. The van der Waals surface area contributed by atoms with Gasteiger partial charge in [0.1, 0.15) is 0 Å². The van der Waals surface area contributed by atoms with Crippen LogP contribution in [0.25, 0.3) is 0 Å². The van der Waals surface area contributed by atoms with Crippen molar-refractivity contribution in [2.75, 3.05) is 13.2 Å². The molecule has 0 spiro atoms. The van der Waals surface area contributed by atoms with Crippen LogP contribution < -0.4 is 5.32 Å². The van der Waals surface area contributed by atoms with Crippen molar-refractivity contribution in [3.05, 3.63) is 29.6 Å². The van der Waals surface area contributed by atoms with Crippen LogP contribution in [0.3, 0.4) is 0 Å². The van der Waals surface area contributed by atoms with Gasteiger partial charge in [0.2, 0.25) is 0 Å². The van der Waals surface area contributed by atoms with Gasteiger partial charge >= 0.3 is 0 Å². The average Bonchev–Trinajstić information content (AvgIpc) is 2.35. The number of hydrogen-bond donors (Lipinski definition) is 3. The highest BCUT2D eigenvalue weighted by Crippen LogP contribution is 2.20. The molecule has 18 heavy (non-hydrogen) atoms. The second kappa shape index (κ2) is 8.06. The molecule has 0 saturated heterocycles. The summed E-state index contributed by atoms with van der Waals surface area (Å²) in [5, 5.41) is 21.7. The highest BCUT2D eigenvalue weighted by molar-refractivity contribution is 5.33. The van der Waals surface area contributed by atoms with Crippen LogP contribution in [0.4, 0.5) is 4.39 Å². The van der Waals surface area contributed by atoms with Gasteiger partial charge in [0.15, 0.2) is 11.6 Å². The minimum Gasteiger partial charge on any atom is -0.505 e. The first-order valence-electron chi connectivity index (χ1n) is 6.47. The Morgan fingerprint density at radius 1 is 1.33 bits per heavy atom. The summed E-state index contributed by atoms with van der Waals surface area (Å²) in [6.45, 7) is 3.51. The Morgan fingerprint density at radius 3 is 2.78 bits per heavy atom. The monoisotopic (exact) mass is 255 g/mol. The van der Waals surface area contributed by atoms with E-state index in [4.69, 9.17) is 5.11 Å². The molecule has 1 unspecified atom stereocenters. The molecule has 0 heterocycles. The zero-order chi connectivity index (χ0) is 13.4. The lowest BCUT2D eigenvalue weighted by atomic mass is 10.00. The fourth-order valence-corrected chi connectivity index (χ4v) is 2.05. The van der Waals surface area contributed by atoms with Crippen molar-refractivity contribution in [2.24, 2.45) is 5.92 Å². The number of halogens is 1. The first-order valence-corrected chi connectivity index (χ1v) is 6.47. The maximum atomic E-state index is 13.1. The summed E-state index contributed by atoms with van der Waals surface area (Å²) in [5.74, 6) is -0.440. The predicted molar refractivity (Wildman–Crippen MR) is 69.9 cm³/mol. The van der Waals surface area contributed by atoms with Crippen molar-refractivity contribution in [3.63, 3.8) is 0 Å². The van der Waals surface area contributed by atoms with E-state index in [1.807, 2.05) is 0 Å². The minimum absolute atomic E-state index is 0.192.